The molecule has 4 nitrogen and oxygen atoms in total. The van der Waals surface area contributed by atoms with Crippen LogP contribution in [0.4, 0.5) is 0 Å². The van der Waals surface area contributed by atoms with Gasteiger partial charge in [-0.05, 0) is 25.0 Å². The average Bonchev–Trinajstić information content (AvgIpc) is 3.07. The highest BCUT2D eigenvalue weighted by molar-refractivity contribution is 5.76. The number of hydrogen-bond donors (Lipinski definition) is 1. The molecule has 0 saturated carbocycles. The van der Waals surface area contributed by atoms with Crippen molar-refractivity contribution in [1.82, 2.24) is 14.9 Å². The monoisotopic (exact) mass is 399 g/mol. The van der Waals surface area contributed by atoms with Crippen LogP contribution in [0.25, 0.3) is 11.0 Å². The lowest BCUT2D eigenvalue weighted by molar-refractivity contribution is -0.121. The van der Waals surface area contributed by atoms with Gasteiger partial charge in [-0.1, -0.05) is 83.8 Å². The van der Waals surface area contributed by atoms with E-state index in [4.69, 9.17) is 4.98 Å². The summed E-state index contributed by atoms with van der Waals surface area (Å²) in [4.78, 5) is 16.6. The van der Waals surface area contributed by atoms with Crippen molar-refractivity contribution in [3.8, 4) is 0 Å². The van der Waals surface area contributed by atoms with Crippen molar-refractivity contribution in [3.05, 3.63) is 30.1 Å². The van der Waals surface area contributed by atoms with Gasteiger partial charge in [-0.2, -0.15) is 0 Å². The molecule has 0 fully saturated rings. The van der Waals surface area contributed by atoms with Gasteiger partial charge >= 0.3 is 0 Å². The maximum absolute atomic E-state index is 11.7. The molecule has 2 aromatic rings. The molecule has 0 bridgehead atoms. The third-order valence-electron chi connectivity index (χ3n) is 5.62. The van der Waals surface area contributed by atoms with E-state index in [-0.39, 0.29) is 5.91 Å². The molecule has 0 unspecified atom stereocenters. The predicted molar refractivity (Wildman–Crippen MR) is 123 cm³/mol. The summed E-state index contributed by atoms with van der Waals surface area (Å²) in [6.45, 7) is 6.00. The fraction of sp³-hybridized carbons (Fsp3) is 0.680. The van der Waals surface area contributed by atoms with E-state index < -0.39 is 0 Å². The van der Waals surface area contributed by atoms with Gasteiger partial charge in [0.25, 0.3) is 0 Å². The van der Waals surface area contributed by atoms with Crippen molar-refractivity contribution in [2.45, 2.75) is 104 Å². The fourth-order valence-corrected chi connectivity index (χ4v) is 3.95. The van der Waals surface area contributed by atoms with E-state index >= 15 is 0 Å². The number of benzene rings is 1. The number of amides is 1. The van der Waals surface area contributed by atoms with Crippen molar-refractivity contribution in [1.29, 1.82) is 0 Å². The molecule has 1 N–H and O–H groups in total. The Kier molecular flexibility index (Phi) is 11.5. The zero-order valence-electron chi connectivity index (χ0n) is 18.7. The van der Waals surface area contributed by atoms with Crippen molar-refractivity contribution in [3.63, 3.8) is 0 Å². The molecule has 29 heavy (non-hydrogen) atoms. The van der Waals surface area contributed by atoms with Crippen LogP contribution in [0.1, 0.15) is 96.7 Å². The van der Waals surface area contributed by atoms with Gasteiger partial charge in [0.15, 0.2) is 0 Å². The zero-order chi connectivity index (χ0) is 20.7. The maximum atomic E-state index is 11.7. The Bertz CT molecular complexity index is 707. The topological polar surface area (TPSA) is 46.9 Å². The highest BCUT2D eigenvalue weighted by atomic mass is 16.1. The minimum atomic E-state index is 0.143. The summed E-state index contributed by atoms with van der Waals surface area (Å²) in [6, 6.07) is 8.39. The summed E-state index contributed by atoms with van der Waals surface area (Å²) in [5.74, 6) is 1.24. The lowest BCUT2D eigenvalue weighted by Gasteiger charge is -2.10. The molecule has 162 valence electrons. The first-order valence-corrected chi connectivity index (χ1v) is 12.0. The number of nitrogens with zero attached hydrogens (tertiary/aromatic N) is 2. The first-order chi connectivity index (χ1) is 14.3. The normalized spacial score (nSPS) is 11.2. The Morgan fingerprint density at radius 1 is 0.897 bits per heavy atom. The highest BCUT2D eigenvalue weighted by Crippen LogP contribution is 2.18. The van der Waals surface area contributed by atoms with Gasteiger partial charge in [0, 0.05) is 25.9 Å². The third-order valence-corrected chi connectivity index (χ3v) is 5.62. The molecular formula is C25H41N3O. The number of aromatic nitrogens is 2. The van der Waals surface area contributed by atoms with Crippen LogP contribution in [0.3, 0.4) is 0 Å². The predicted octanol–water partition coefficient (Wildman–Crippen LogP) is 6.42. The van der Waals surface area contributed by atoms with Crippen LogP contribution < -0.4 is 5.32 Å². The van der Waals surface area contributed by atoms with Gasteiger partial charge in [-0.25, -0.2) is 4.98 Å². The van der Waals surface area contributed by atoms with Gasteiger partial charge < -0.3 is 9.88 Å². The van der Waals surface area contributed by atoms with Gasteiger partial charge in [0.1, 0.15) is 5.82 Å². The summed E-state index contributed by atoms with van der Waals surface area (Å²) in [6.07, 6.45) is 15.8. The van der Waals surface area contributed by atoms with Gasteiger partial charge in [0.05, 0.1) is 11.0 Å². The highest BCUT2D eigenvalue weighted by Gasteiger charge is 2.10. The molecule has 4 heteroatoms. The van der Waals surface area contributed by atoms with E-state index in [0.717, 1.165) is 30.7 Å². The molecule has 1 amide bonds. The lowest BCUT2D eigenvalue weighted by Crippen LogP contribution is -2.26. The molecule has 0 spiro atoms. The molecule has 1 heterocycles. The zero-order valence-corrected chi connectivity index (χ0v) is 18.7. The maximum Gasteiger partial charge on any atom is 0.219 e. The average molecular weight is 400 g/mol. The van der Waals surface area contributed by atoms with Gasteiger partial charge in [-0.15, -0.1) is 0 Å². The number of nitrogens with one attached hydrogen (secondary N) is 1. The molecule has 0 saturated heterocycles. The van der Waals surface area contributed by atoms with Crippen molar-refractivity contribution < 1.29 is 4.79 Å². The van der Waals surface area contributed by atoms with E-state index in [1.807, 2.05) is 13.0 Å². The second-order valence-electron chi connectivity index (χ2n) is 8.20. The van der Waals surface area contributed by atoms with E-state index in [1.165, 1.54) is 69.7 Å². The summed E-state index contributed by atoms with van der Waals surface area (Å²) in [5.41, 5.74) is 2.28. The third kappa shape index (κ3) is 8.59. The number of rotatable bonds is 16. The Labute approximate surface area is 177 Å². The largest absolute Gasteiger partial charge is 0.356 e. The Morgan fingerprint density at radius 3 is 2.24 bits per heavy atom. The number of para-hydroxylation sites is 2. The van der Waals surface area contributed by atoms with Gasteiger partial charge in [-0.3, -0.25) is 4.79 Å². The Morgan fingerprint density at radius 2 is 1.55 bits per heavy atom. The second-order valence-corrected chi connectivity index (χ2v) is 8.20. The molecule has 0 aliphatic rings. The molecule has 0 aliphatic heterocycles. The molecule has 0 radical (unpaired) electrons. The summed E-state index contributed by atoms with van der Waals surface area (Å²) >= 11 is 0. The van der Waals surface area contributed by atoms with Crippen molar-refractivity contribution in [2.24, 2.45) is 0 Å². The van der Waals surface area contributed by atoms with Crippen LogP contribution in [0.5, 0.6) is 0 Å². The molecule has 1 aromatic carbocycles. The van der Waals surface area contributed by atoms with E-state index in [0.29, 0.717) is 13.0 Å². The first kappa shape index (κ1) is 23.4. The number of fused-ring (bicyclic) bond motifs is 1. The lowest BCUT2D eigenvalue weighted by atomic mass is 10.1. The van der Waals surface area contributed by atoms with E-state index in [1.54, 1.807) is 0 Å². The van der Waals surface area contributed by atoms with E-state index in [2.05, 4.69) is 35.0 Å². The molecule has 2 rings (SSSR count). The molecule has 0 atom stereocenters. The number of aryl methyl sites for hydroxylation is 1. The van der Waals surface area contributed by atoms with Crippen LogP contribution in [-0.2, 0) is 17.8 Å². The number of hydrogen-bond acceptors (Lipinski definition) is 2. The smallest absolute Gasteiger partial charge is 0.219 e. The van der Waals surface area contributed by atoms with Crippen LogP contribution >= 0.6 is 0 Å². The minimum absolute atomic E-state index is 0.143. The van der Waals surface area contributed by atoms with Crippen LogP contribution in [0.2, 0.25) is 0 Å². The minimum Gasteiger partial charge on any atom is -0.356 e. The first-order valence-electron chi connectivity index (χ1n) is 12.0. The fourth-order valence-electron chi connectivity index (χ4n) is 3.95. The van der Waals surface area contributed by atoms with Crippen LogP contribution in [-0.4, -0.2) is 22.0 Å². The number of carbonyl (C=O) groups is 1. The summed E-state index contributed by atoms with van der Waals surface area (Å²) in [5, 5.41) is 3.02. The van der Waals surface area contributed by atoms with E-state index in [9.17, 15) is 4.79 Å². The quantitative estimate of drug-likeness (QED) is 0.331. The standard InChI is InChI=1S/C25H41N3O/c1-3-5-6-7-8-9-10-11-12-15-21-28-23-18-14-13-17-22(23)27-24(28)19-20-26-25(29)16-4-2/h13-14,17-18H,3-12,15-16,19-21H2,1-2H3,(H,26,29). The summed E-state index contributed by atoms with van der Waals surface area (Å²) in [7, 11) is 0. The molecule has 1 aromatic heterocycles. The number of unbranched alkanes of at least 4 members (excludes halogenated alkanes) is 9. The second kappa shape index (κ2) is 14.2. The van der Waals surface area contributed by atoms with Crippen molar-refractivity contribution >= 4 is 16.9 Å². The Hall–Kier alpha value is -1.84. The molecular weight excluding hydrogens is 358 g/mol. The van der Waals surface area contributed by atoms with Crippen LogP contribution in [0.15, 0.2) is 24.3 Å². The summed E-state index contributed by atoms with van der Waals surface area (Å²) < 4.78 is 2.37. The van der Waals surface area contributed by atoms with Crippen LogP contribution in [0, 0.1) is 0 Å². The molecule has 0 aliphatic carbocycles. The van der Waals surface area contributed by atoms with Crippen molar-refractivity contribution in [2.75, 3.05) is 6.54 Å². The number of imidazole rings is 1. The van der Waals surface area contributed by atoms with Gasteiger partial charge in [0.2, 0.25) is 5.91 Å². The Balaban J connectivity index is 1.76. The SMILES string of the molecule is CCCCCCCCCCCCn1c(CCNC(=O)CCC)nc2ccccc21. The number of carbonyl (C=O) groups excluding carboxylic acids is 1.